The number of Topliss-reactive ketones (excluding diaryl/α,β-unsaturated/α-hetero) is 1. The second-order valence-electron chi connectivity index (χ2n) is 10.2. The van der Waals surface area contributed by atoms with Crippen molar-refractivity contribution in [1.82, 2.24) is 14.9 Å². The van der Waals surface area contributed by atoms with E-state index in [4.69, 9.17) is 9.72 Å². The third-order valence-electron chi connectivity index (χ3n) is 6.86. The molecule has 1 atom stereocenters. The van der Waals surface area contributed by atoms with Crippen LogP contribution >= 0.6 is 24.2 Å². The van der Waals surface area contributed by atoms with Gasteiger partial charge in [-0.3, -0.25) is 14.5 Å². The van der Waals surface area contributed by atoms with E-state index < -0.39 is 5.92 Å². The SMILES string of the molecule is Cc1ccc(C2C3=C(CC(C)(C)CC3=O)Nc3nc(SCCN4CCOCC4)[nH]c(=O)c32)cc1.Cl. The largest absolute Gasteiger partial charge is 0.379 e. The Bertz CT molecular complexity index is 1190. The van der Waals surface area contributed by atoms with Gasteiger partial charge in [0.05, 0.1) is 18.8 Å². The fraction of sp³-hybridized carbons (Fsp3) is 0.500. The molecule has 1 aromatic heterocycles. The van der Waals surface area contributed by atoms with Crippen LogP contribution in [0.15, 0.2) is 45.5 Å². The molecule has 5 rings (SSSR count). The Kier molecular flexibility index (Phi) is 7.76. The van der Waals surface area contributed by atoms with Crippen LogP contribution in [0.3, 0.4) is 0 Å². The number of morpholine rings is 1. The van der Waals surface area contributed by atoms with Gasteiger partial charge in [-0.05, 0) is 24.3 Å². The number of aryl methyl sites for hydroxylation is 1. The van der Waals surface area contributed by atoms with Crippen LogP contribution in [-0.4, -0.2) is 59.3 Å². The summed E-state index contributed by atoms with van der Waals surface area (Å²) >= 11 is 1.56. The van der Waals surface area contributed by atoms with Crippen molar-refractivity contribution in [2.24, 2.45) is 5.41 Å². The number of fused-ring (bicyclic) bond motifs is 1. The molecule has 0 saturated carbocycles. The molecule has 1 unspecified atom stereocenters. The quantitative estimate of drug-likeness (QED) is 0.456. The number of carbonyl (C=O) groups is 1. The number of thioether (sulfide) groups is 1. The molecule has 188 valence electrons. The van der Waals surface area contributed by atoms with Gasteiger partial charge in [-0.1, -0.05) is 55.4 Å². The Morgan fingerprint density at radius 2 is 1.86 bits per heavy atom. The number of H-pyrrole nitrogens is 1. The van der Waals surface area contributed by atoms with Crippen molar-refractivity contribution in [1.29, 1.82) is 0 Å². The van der Waals surface area contributed by atoms with E-state index in [1.54, 1.807) is 11.8 Å². The molecular formula is C26H33ClN4O3S. The number of nitrogens with zero attached hydrogens (tertiary/aromatic N) is 2. The Morgan fingerprint density at radius 1 is 1.14 bits per heavy atom. The summed E-state index contributed by atoms with van der Waals surface area (Å²) in [5.41, 5.74) is 3.94. The van der Waals surface area contributed by atoms with E-state index in [1.165, 1.54) is 0 Å². The molecule has 2 N–H and O–H groups in total. The highest BCUT2D eigenvalue weighted by Gasteiger charge is 2.42. The zero-order chi connectivity index (χ0) is 23.9. The highest BCUT2D eigenvalue weighted by atomic mass is 35.5. The van der Waals surface area contributed by atoms with Gasteiger partial charge >= 0.3 is 0 Å². The highest BCUT2D eigenvalue weighted by Crippen LogP contribution is 2.47. The maximum Gasteiger partial charge on any atom is 0.257 e. The zero-order valence-corrected chi connectivity index (χ0v) is 22.1. The number of allylic oxidation sites excluding steroid dienone is 2. The number of ketones is 1. The molecule has 3 heterocycles. The van der Waals surface area contributed by atoms with Crippen LogP contribution in [-0.2, 0) is 9.53 Å². The first-order valence-electron chi connectivity index (χ1n) is 12.0. The second kappa shape index (κ2) is 10.5. The maximum atomic E-state index is 13.4. The highest BCUT2D eigenvalue weighted by molar-refractivity contribution is 7.99. The number of hydrogen-bond acceptors (Lipinski definition) is 7. The lowest BCUT2D eigenvalue weighted by Gasteiger charge is -2.38. The summed E-state index contributed by atoms with van der Waals surface area (Å²) in [6, 6.07) is 8.12. The van der Waals surface area contributed by atoms with E-state index in [1.807, 2.05) is 31.2 Å². The summed E-state index contributed by atoms with van der Waals surface area (Å²) in [4.78, 5) is 36.9. The van der Waals surface area contributed by atoms with Crippen molar-refractivity contribution in [3.8, 4) is 0 Å². The summed E-state index contributed by atoms with van der Waals surface area (Å²) in [6.07, 6.45) is 1.23. The van der Waals surface area contributed by atoms with Crippen molar-refractivity contribution in [2.75, 3.05) is 43.9 Å². The van der Waals surface area contributed by atoms with Gasteiger partial charge < -0.3 is 15.0 Å². The predicted molar refractivity (Wildman–Crippen MR) is 142 cm³/mol. The molecule has 2 aromatic rings. The first-order chi connectivity index (χ1) is 16.3. The lowest BCUT2D eigenvalue weighted by Crippen LogP contribution is -2.37. The van der Waals surface area contributed by atoms with Gasteiger partial charge in [0.25, 0.3) is 5.56 Å². The second-order valence-corrected chi connectivity index (χ2v) is 11.3. The molecule has 35 heavy (non-hydrogen) atoms. The van der Waals surface area contributed by atoms with Crippen molar-refractivity contribution >= 4 is 35.8 Å². The molecule has 0 spiro atoms. The Labute approximate surface area is 216 Å². The van der Waals surface area contributed by atoms with E-state index >= 15 is 0 Å². The van der Waals surface area contributed by atoms with Gasteiger partial charge in [0.2, 0.25) is 0 Å². The van der Waals surface area contributed by atoms with Crippen LogP contribution in [0.1, 0.15) is 49.3 Å². The number of hydrogen-bond donors (Lipinski definition) is 2. The molecule has 1 aromatic carbocycles. The van der Waals surface area contributed by atoms with Crippen LogP contribution in [0.25, 0.3) is 0 Å². The van der Waals surface area contributed by atoms with E-state index in [0.717, 1.165) is 67.4 Å². The summed E-state index contributed by atoms with van der Waals surface area (Å²) in [5, 5.41) is 4.01. The van der Waals surface area contributed by atoms with E-state index in [9.17, 15) is 9.59 Å². The van der Waals surface area contributed by atoms with Crippen LogP contribution in [0.4, 0.5) is 5.82 Å². The average molecular weight is 517 g/mol. The molecule has 1 fully saturated rings. The van der Waals surface area contributed by atoms with E-state index in [2.05, 4.69) is 29.0 Å². The number of rotatable bonds is 5. The Balaban J connectivity index is 0.00000289. The third kappa shape index (κ3) is 5.50. The first kappa shape index (κ1) is 25.9. The van der Waals surface area contributed by atoms with Gasteiger partial charge in [0.1, 0.15) is 5.82 Å². The summed E-state index contributed by atoms with van der Waals surface area (Å²) < 4.78 is 5.42. The Morgan fingerprint density at radius 3 is 2.57 bits per heavy atom. The molecule has 0 radical (unpaired) electrons. The maximum absolute atomic E-state index is 13.4. The topological polar surface area (TPSA) is 87.3 Å². The van der Waals surface area contributed by atoms with E-state index in [-0.39, 0.29) is 29.2 Å². The van der Waals surface area contributed by atoms with Gasteiger partial charge in [-0.25, -0.2) is 4.98 Å². The molecular weight excluding hydrogens is 484 g/mol. The number of benzene rings is 1. The lowest BCUT2D eigenvalue weighted by atomic mass is 9.69. The normalized spacial score (nSPS) is 21.6. The molecule has 3 aliphatic rings. The summed E-state index contributed by atoms with van der Waals surface area (Å²) in [5.74, 6) is 1.12. The number of aromatic nitrogens is 2. The van der Waals surface area contributed by atoms with Gasteiger partial charge in [0, 0.05) is 49.0 Å². The van der Waals surface area contributed by atoms with Crippen LogP contribution in [0.2, 0.25) is 0 Å². The fourth-order valence-electron chi connectivity index (χ4n) is 5.15. The minimum absolute atomic E-state index is 0. The molecule has 7 nitrogen and oxygen atoms in total. The number of aromatic amines is 1. The molecule has 0 amide bonds. The van der Waals surface area contributed by atoms with Crippen LogP contribution in [0, 0.1) is 12.3 Å². The summed E-state index contributed by atoms with van der Waals surface area (Å²) in [6.45, 7) is 10.6. The smallest absolute Gasteiger partial charge is 0.257 e. The molecule has 0 bridgehead atoms. The van der Waals surface area contributed by atoms with Gasteiger partial charge in [-0.2, -0.15) is 0 Å². The van der Waals surface area contributed by atoms with Crippen molar-refractivity contribution in [2.45, 2.75) is 44.7 Å². The molecule has 1 saturated heterocycles. The number of halogens is 1. The van der Waals surface area contributed by atoms with Crippen LogP contribution in [0.5, 0.6) is 0 Å². The van der Waals surface area contributed by atoms with Crippen LogP contribution < -0.4 is 10.9 Å². The fourth-order valence-corrected chi connectivity index (χ4v) is 6.01. The zero-order valence-electron chi connectivity index (χ0n) is 20.5. The predicted octanol–water partition coefficient (Wildman–Crippen LogP) is 4.13. The molecule has 2 aliphatic heterocycles. The number of carbonyl (C=O) groups excluding carboxylic acids is 1. The monoisotopic (exact) mass is 516 g/mol. The van der Waals surface area contributed by atoms with Crippen molar-refractivity contribution in [3.63, 3.8) is 0 Å². The van der Waals surface area contributed by atoms with Crippen molar-refractivity contribution in [3.05, 3.63) is 62.6 Å². The van der Waals surface area contributed by atoms with E-state index in [0.29, 0.717) is 23.0 Å². The summed E-state index contributed by atoms with van der Waals surface area (Å²) in [7, 11) is 0. The number of anilines is 1. The average Bonchev–Trinajstić information content (AvgIpc) is 2.78. The standard InChI is InChI=1S/C26H32N4O3S.ClH/c1-16-4-6-17(7-5-16)20-21-18(14-26(2,3)15-19(21)31)27-23-22(20)24(32)29-25(28-23)34-13-10-30-8-11-33-12-9-30;/h4-7,20H,8-15H2,1-3H3,(H2,27,28,29,32);1H. The molecule has 1 aliphatic carbocycles. The lowest BCUT2D eigenvalue weighted by molar-refractivity contribution is -0.118. The third-order valence-corrected chi connectivity index (χ3v) is 7.71. The number of nitrogens with one attached hydrogen (secondary N) is 2. The minimum Gasteiger partial charge on any atom is -0.379 e. The van der Waals surface area contributed by atoms with Gasteiger partial charge in [0.15, 0.2) is 10.9 Å². The number of ether oxygens (including phenoxy) is 1. The minimum atomic E-state index is -0.404. The van der Waals surface area contributed by atoms with Gasteiger partial charge in [-0.15, -0.1) is 12.4 Å². The Hall–Kier alpha value is -2.13. The molecule has 9 heteroatoms. The first-order valence-corrected chi connectivity index (χ1v) is 13.0. The van der Waals surface area contributed by atoms with Crippen molar-refractivity contribution < 1.29 is 9.53 Å².